The number of amides is 2. The molecule has 0 unspecified atom stereocenters. The zero-order valence-electron chi connectivity index (χ0n) is 18.9. The number of Topliss-reactive ketones (excluding diaryl/α,β-unsaturated/α-hetero) is 1. The topological polar surface area (TPSA) is 131 Å². The van der Waals surface area contributed by atoms with Crippen molar-refractivity contribution in [2.45, 2.75) is 24.7 Å². The highest BCUT2D eigenvalue weighted by molar-refractivity contribution is 7.89. The normalized spacial score (nSPS) is 11.1. The fourth-order valence-corrected chi connectivity index (χ4v) is 3.64. The van der Waals surface area contributed by atoms with Gasteiger partial charge < -0.3 is 9.47 Å². The lowest BCUT2D eigenvalue weighted by Gasteiger charge is -2.13. The van der Waals surface area contributed by atoms with E-state index in [-0.39, 0.29) is 29.3 Å². The Morgan fingerprint density at radius 2 is 1.70 bits per heavy atom. The average molecular weight is 478 g/mol. The van der Waals surface area contributed by atoms with E-state index in [4.69, 9.17) is 9.47 Å². The second-order valence-corrected chi connectivity index (χ2v) is 9.34. The van der Waals surface area contributed by atoms with Crippen LogP contribution in [0.15, 0.2) is 47.4 Å². The van der Waals surface area contributed by atoms with Gasteiger partial charge in [0, 0.05) is 31.6 Å². The summed E-state index contributed by atoms with van der Waals surface area (Å²) < 4.78 is 36.3. The molecule has 0 fully saturated rings. The third-order valence-corrected chi connectivity index (χ3v) is 6.38. The molecule has 11 heteroatoms. The van der Waals surface area contributed by atoms with Gasteiger partial charge in [-0.15, -0.1) is 0 Å². The number of hydrogen-bond donors (Lipinski definition) is 2. The Morgan fingerprint density at radius 1 is 0.970 bits per heavy atom. The standard InChI is InChI=1S/C22H27N3O7S/c1-15(26)16-10-11-19(20(14-16)31-4)32-12-6-9-21(27)23-24-22(28)17-7-5-8-18(13-17)33(29,30)25(2)3/h5,7-8,10-11,13-14H,6,9,12H2,1-4H3,(H,23,27)(H,24,28). The van der Waals surface area contributed by atoms with Gasteiger partial charge in [-0.1, -0.05) is 6.07 Å². The van der Waals surface area contributed by atoms with Gasteiger partial charge in [-0.05, 0) is 49.7 Å². The number of sulfonamides is 1. The van der Waals surface area contributed by atoms with Crippen LogP contribution < -0.4 is 20.3 Å². The molecular weight excluding hydrogens is 450 g/mol. The molecule has 0 bridgehead atoms. The molecule has 0 atom stereocenters. The van der Waals surface area contributed by atoms with Gasteiger partial charge in [0.2, 0.25) is 15.9 Å². The Morgan fingerprint density at radius 3 is 2.33 bits per heavy atom. The van der Waals surface area contributed by atoms with Crippen molar-refractivity contribution in [2.75, 3.05) is 27.8 Å². The Kier molecular flexibility index (Phi) is 8.94. The maximum atomic E-state index is 12.3. The van der Waals surface area contributed by atoms with Gasteiger partial charge in [0.05, 0.1) is 18.6 Å². The number of benzene rings is 2. The van der Waals surface area contributed by atoms with Gasteiger partial charge in [-0.2, -0.15) is 0 Å². The molecule has 0 spiro atoms. The van der Waals surface area contributed by atoms with E-state index in [0.29, 0.717) is 23.5 Å². The molecule has 0 aromatic heterocycles. The lowest BCUT2D eigenvalue weighted by Crippen LogP contribution is -2.41. The number of ketones is 1. The summed E-state index contributed by atoms with van der Waals surface area (Å²) in [6, 6.07) is 10.3. The quantitative estimate of drug-likeness (QED) is 0.303. The van der Waals surface area contributed by atoms with Gasteiger partial charge in [0.25, 0.3) is 5.91 Å². The van der Waals surface area contributed by atoms with E-state index in [1.807, 2.05) is 0 Å². The lowest BCUT2D eigenvalue weighted by atomic mass is 10.1. The van der Waals surface area contributed by atoms with Crippen LogP contribution in [0.3, 0.4) is 0 Å². The van der Waals surface area contributed by atoms with E-state index in [0.717, 1.165) is 4.31 Å². The van der Waals surface area contributed by atoms with Crippen LogP contribution in [0.25, 0.3) is 0 Å². The van der Waals surface area contributed by atoms with Crippen LogP contribution in [0.1, 0.15) is 40.5 Å². The van der Waals surface area contributed by atoms with Gasteiger partial charge in [-0.3, -0.25) is 25.2 Å². The summed E-state index contributed by atoms with van der Waals surface area (Å²) in [5, 5.41) is 0. The first-order valence-corrected chi connectivity index (χ1v) is 11.4. The highest BCUT2D eigenvalue weighted by atomic mass is 32.2. The number of nitrogens with zero attached hydrogens (tertiary/aromatic N) is 1. The van der Waals surface area contributed by atoms with Crippen molar-refractivity contribution in [3.05, 3.63) is 53.6 Å². The Bertz CT molecular complexity index is 1130. The number of ether oxygens (including phenoxy) is 2. The molecule has 2 aromatic rings. The predicted octanol–water partition coefficient (Wildman–Crippen LogP) is 1.77. The Labute approximate surface area is 192 Å². The zero-order chi connectivity index (χ0) is 24.6. The number of rotatable bonds is 10. The summed E-state index contributed by atoms with van der Waals surface area (Å²) in [7, 11) is 0.563. The summed E-state index contributed by atoms with van der Waals surface area (Å²) in [5.41, 5.74) is 5.13. The van der Waals surface area contributed by atoms with Crippen LogP contribution in [-0.2, 0) is 14.8 Å². The first-order chi connectivity index (χ1) is 15.6. The highest BCUT2D eigenvalue weighted by Gasteiger charge is 2.19. The molecule has 0 aliphatic rings. The van der Waals surface area contributed by atoms with Crippen LogP contribution in [0, 0.1) is 0 Å². The van der Waals surface area contributed by atoms with Crippen molar-refractivity contribution in [1.82, 2.24) is 15.2 Å². The number of hydrazine groups is 1. The predicted molar refractivity (Wildman–Crippen MR) is 121 cm³/mol. The van der Waals surface area contributed by atoms with Crippen molar-refractivity contribution >= 4 is 27.6 Å². The van der Waals surface area contributed by atoms with Gasteiger partial charge in [0.15, 0.2) is 17.3 Å². The third-order valence-electron chi connectivity index (χ3n) is 4.57. The molecule has 33 heavy (non-hydrogen) atoms. The van der Waals surface area contributed by atoms with E-state index < -0.39 is 21.8 Å². The van der Waals surface area contributed by atoms with Crippen molar-refractivity contribution < 1.29 is 32.3 Å². The first-order valence-electron chi connectivity index (χ1n) is 9.99. The monoisotopic (exact) mass is 477 g/mol. The van der Waals surface area contributed by atoms with Crippen LogP contribution in [0.4, 0.5) is 0 Å². The summed E-state index contributed by atoms with van der Waals surface area (Å²) >= 11 is 0. The molecule has 2 amide bonds. The summed E-state index contributed by atoms with van der Waals surface area (Å²) in [6.45, 7) is 1.66. The molecule has 0 saturated carbocycles. The van der Waals surface area contributed by atoms with Crippen LogP contribution in [-0.4, -0.2) is 58.1 Å². The van der Waals surface area contributed by atoms with Crippen LogP contribution in [0.2, 0.25) is 0 Å². The average Bonchev–Trinajstić information content (AvgIpc) is 2.80. The maximum Gasteiger partial charge on any atom is 0.269 e. The fraction of sp³-hybridized carbons (Fsp3) is 0.318. The van der Waals surface area contributed by atoms with Crippen molar-refractivity contribution in [2.24, 2.45) is 0 Å². The molecule has 0 saturated heterocycles. The van der Waals surface area contributed by atoms with E-state index >= 15 is 0 Å². The second kappa shape index (κ2) is 11.4. The minimum Gasteiger partial charge on any atom is -0.493 e. The molecule has 2 N–H and O–H groups in total. The van der Waals surface area contributed by atoms with Crippen LogP contribution in [0.5, 0.6) is 11.5 Å². The largest absolute Gasteiger partial charge is 0.493 e. The van der Waals surface area contributed by atoms with Crippen molar-refractivity contribution in [1.29, 1.82) is 0 Å². The zero-order valence-corrected chi connectivity index (χ0v) is 19.7. The van der Waals surface area contributed by atoms with Crippen molar-refractivity contribution in [3.8, 4) is 11.5 Å². The summed E-state index contributed by atoms with van der Waals surface area (Å²) in [6.07, 6.45) is 0.430. The molecule has 178 valence electrons. The molecule has 2 aromatic carbocycles. The van der Waals surface area contributed by atoms with E-state index in [1.54, 1.807) is 18.2 Å². The SMILES string of the molecule is COc1cc(C(C)=O)ccc1OCCCC(=O)NNC(=O)c1cccc(S(=O)(=O)N(C)C)c1. The minimum atomic E-state index is -3.69. The molecular formula is C22H27N3O7S. The fourth-order valence-electron chi connectivity index (χ4n) is 2.69. The number of carbonyl (C=O) groups is 3. The molecule has 0 aliphatic carbocycles. The molecule has 2 rings (SSSR count). The summed E-state index contributed by atoms with van der Waals surface area (Å²) in [5.74, 6) is -0.320. The smallest absolute Gasteiger partial charge is 0.269 e. The van der Waals surface area contributed by atoms with Crippen LogP contribution >= 0.6 is 0 Å². The molecule has 0 aliphatic heterocycles. The van der Waals surface area contributed by atoms with Crippen molar-refractivity contribution in [3.63, 3.8) is 0 Å². The second-order valence-electron chi connectivity index (χ2n) is 7.19. The Hall–Kier alpha value is -3.44. The summed E-state index contributed by atoms with van der Waals surface area (Å²) in [4.78, 5) is 35.7. The van der Waals surface area contributed by atoms with Gasteiger partial charge in [-0.25, -0.2) is 12.7 Å². The first kappa shape index (κ1) is 25.8. The van der Waals surface area contributed by atoms with E-state index in [1.165, 1.54) is 52.4 Å². The molecule has 10 nitrogen and oxygen atoms in total. The van der Waals surface area contributed by atoms with E-state index in [2.05, 4.69) is 10.9 Å². The Balaban J connectivity index is 1.82. The number of methoxy groups -OCH3 is 1. The number of hydrogen-bond acceptors (Lipinski definition) is 7. The minimum absolute atomic E-state index is 0.0320. The number of nitrogens with one attached hydrogen (secondary N) is 2. The van der Waals surface area contributed by atoms with Gasteiger partial charge >= 0.3 is 0 Å². The lowest BCUT2D eigenvalue weighted by molar-refractivity contribution is -0.122. The highest BCUT2D eigenvalue weighted by Crippen LogP contribution is 2.28. The van der Waals surface area contributed by atoms with E-state index in [9.17, 15) is 22.8 Å². The third kappa shape index (κ3) is 7.02. The van der Waals surface area contributed by atoms with Gasteiger partial charge in [0.1, 0.15) is 0 Å². The number of carbonyl (C=O) groups excluding carboxylic acids is 3. The maximum absolute atomic E-state index is 12.3. The molecule has 0 radical (unpaired) electrons. The molecule has 0 heterocycles.